The smallest absolute Gasteiger partial charge is 0.161 e. The predicted octanol–water partition coefficient (Wildman–Crippen LogP) is 6.24. The van der Waals surface area contributed by atoms with Crippen molar-refractivity contribution in [3.05, 3.63) is 108 Å². The van der Waals surface area contributed by atoms with E-state index in [1.54, 1.807) is 14.2 Å². The largest absolute Gasteiger partial charge is 0.493 e. The van der Waals surface area contributed by atoms with Crippen molar-refractivity contribution in [2.75, 3.05) is 14.2 Å². The minimum atomic E-state index is 0.0139. The van der Waals surface area contributed by atoms with Gasteiger partial charge < -0.3 is 14.8 Å². The maximum atomic E-state index is 5.57. The Hall–Kier alpha value is -3.53. The zero-order valence-electron chi connectivity index (χ0n) is 18.7. The average Bonchev–Trinajstić information content (AvgIpc) is 3.30. The van der Waals surface area contributed by atoms with Gasteiger partial charge in [0.1, 0.15) is 11.9 Å². The Labute approximate surface area is 190 Å². The first kappa shape index (κ1) is 21.7. The minimum Gasteiger partial charge on any atom is -0.493 e. The molecule has 3 aromatic rings. The summed E-state index contributed by atoms with van der Waals surface area (Å²) < 4.78 is 11.0. The molecule has 0 fully saturated rings. The minimum absolute atomic E-state index is 0.0139. The summed E-state index contributed by atoms with van der Waals surface area (Å²) in [5.41, 5.74) is 3.59. The van der Waals surface area contributed by atoms with Gasteiger partial charge >= 0.3 is 0 Å². The first-order chi connectivity index (χ1) is 15.7. The van der Waals surface area contributed by atoms with E-state index in [1.807, 2.05) is 24.3 Å². The van der Waals surface area contributed by atoms with Crippen LogP contribution in [-0.2, 0) is 0 Å². The third kappa shape index (κ3) is 4.54. The van der Waals surface area contributed by atoms with Crippen LogP contribution >= 0.6 is 0 Å². The second-order valence-corrected chi connectivity index (χ2v) is 7.94. The molecule has 4 heteroatoms. The van der Waals surface area contributed by atoms with E-state index in [2.05, 4.69) is 72.6 Å². The van der Waals surface area contributed by atoms with E-state index in [-0.39, 0.29) is 18.0 Å². The lowest BCUT2D eigenvalue weighted by molar-refractivity contribution is 0.354. The van der Waals surface area contributed by atoms with Crippen LogP contribution < -0.4 is 14.8 Å². The Kier molecular flexibility index (Phi) is 6.90. The highest BCUT2D eigenvalue weighted by atomic mass is 16.5. The number of hydrogen-bond acceptors (Lipinski definition) is 4. The first-order valence-corrected chi connectivity index (χ1v) is 11.0. The predicted molar refractivity (Wildman–Crippen MR) is 131 cm³/mol. The molecule has 1 aliphatic heterocycles. The molecule has 0 aliphatic carbocycles. The number of rotatable bonds is 9. The van der Waals surface area contributed by atoms with Crippen LogP contribution in [0.2, 0.25) is 0 Å². The number of benzene rings is 3. The number of methoxy groups -OCH3 is 2. The van der Waals surface area contributed by atoms with Crippen LogP contribution in [0.4, 0.5) is 0 Å². The molecule has 4 rings (SSSR count). The van der Waals surface area contributed by atoms with Crippen molar-refractivity contribution >= 4 is 5.84 Å². The molecule has 1 aliphatic rings. The molecule has 164 valence electrons. The lowest BCUT2D eigenvalue weighted by atomic mass is 9.92. The zero-order chi connectivity index (χ0) is 22.3. The molecule has 0 radical (unpaired) electrons. The van der Waals surface area contributed by atoms with E-state index in [0.717, 1.165) is 35.7 Å². The molecule has 4 nitrogen and oxygen atoms in total. The number of nitrogens with one attached hydrogen (secondary N) is 1. The molecule has 1 unspecified atom stereocenters. The van der Waals surface area contributed by atoms with E-state index < -0.39 is 0 Å². The molecule has 0 amide bonds. The Bertz CT molecular complexity index is 1060. The van der Waals surface area contributed by atoms with Gasteiger partial charge in [-0.05, 0) is 41.7 Å². The van der Waals surface area contributed by atoms with E-state index in [0.29, 0.717) is 0 Å². The standard InChI is InChI=1S/C28H30N2O2/c1-4-5-16-23(22-17-18-24(31-2)25(19-22)32-3)28-29-26(20-12-8-6-9-13-20)27(30-28)21-14-10-7-11-15-21/h4,6-15,17-19,23,26-27H,1,5,16H2,2-3H3,(H,29,30)/t23?,26-,27-/m0/s1. The Morgan fingerprint density at radius 2 is 1.56 bits per heavy atom. The van der Waals surface area contributed by atoms with Crippen molar-refractivity contribution in [2.24, 2.45) is 4.99 Å². The van der Waals surface area contributed by atoms with Gasteiger partial charge in [-0.15, -0.1) is 6.58 Å². The Morgan fingerprint density at radius 3 is 2.19 bits per heavy atom. The van der Waals surface area contributed by atoms with Gasteiger partial charge in [-0.25, -0.2) is 0 Å². The molecular formula is C28H30N2O2. The highest BCUT2D eigenvalue weighted by molar-refractivity contribution is 5.91. The van der Waals surface area contributed by atoms with Crippen molar-refractivity contribution < 1.29 is 9.47 Å². The topological polar surface area (TPSA) is 42.9 Å². The van der Waals surface area contributed by atoms with Crippen LogP contribution in [0.15, 0.2) is 96.5 Å². The fourth-order valence-electron chi connectivity index (χ4n) is 4.35. The van der Waals surface area contributed by atoms with Crippen LogP contribution in [0, 0.1) is 0 Å². The molecule has 1 N–H and O–H groups in total. The van der Waals surface area contributed by atoms with Gasteiger partial charge in [-0.1, -0.05) is 72.8 Å². The quantitative estimate of drug-likeness (QED) is 0.412. The summed E-state index contributed by atoms with van der Waals surface area (Å²) in [6.07, 6.45) is 3.77. The van der Waals surface area contributed by atoms with Crippen molar-refractivity contribution in [1.82, 2.24) is 5.32 Å². The summed E-state index contributed by atoms with van der Waals surface area (Å²) >= 11 is 0. The van der Waals surface area contributed by atoms with E-state index in [9.17, 15) is 0 Å². The van der Waals surface area contributed by atoms with Crippen molar-refractivity contribution in [2.45, 2.75) is 30.8 Å². The van der Waals surface area contributed by atoms with E-state index >= 15 is 0 Å². The normalized spacial score (nSPS) is 18.4. The van der Waals surface area contributed by atoms with Gasteiger partial charge in [0, 0.05) is 5.92 Å². The summed E-state index contributed by atoms with van der Waals surface area (Å²) in [4.78, 5) is 5.24. The molecule has 0 spiro atoms. The van der Waals surface area contributed by atoms with Crippen molar-refractivity contribution in [3.63, 3.8) is 0 Å². The maximum Gasteiger partial charge on any atom is 0.161 e. The monoisotopic (exact) mass is 426 g/mol. The van der Waals surface area contributed by atoms with Gasteiger partial charge in [0.25, 0.3) is 0 Å². The molecule has 1 heterocycles. The van der Waals surface area contributed by atoms with Crippen LogP contribution in [0.1, 0.15) is 47.5 Å². The number of hydrogen-bond donors (Lipinski definition) is 1. The molecule has 0 aromatic heterocycles. The van der Waals surface area contributed by atoms with Gasteiger partial charge in [0.2, 0.25) is 0 Å². The Morgan fingerprint density at radius 1 is 0.906 bits per heavy atom. The summed E-state index contributed by atoms with van der Waals surface area (Å²) in [5, 5.41) is 3.77. The van der Waals surface area contributed by atoms with Crippen LogP contribution in [0.3, 0.4) is 0 Å². The van der Waals surface area contributed by atoms with E-state index in [4.69, 9.17) is 14.5 Å². The second-order valence-electron chi connectivity index (χ2n) is 7.94. The van der Waals surface area contributed by atoms with E-state index in [1.165, 1.54) is 11.1 Å². The summed E-state index contributed by atoms with van der Waals surface area (Å²) in [6, 6.07) is 27.3. The Balaban J connectivity index is 1.74. The number of allylic oxidation sites excluding steroid dienone is 1. The number of ether oxygens (including phenoxy) is 2. The van der Waals surface area contributed by atoms with Gasteiger partial charge in [-0.2, -0.15) is 0 Å². The van der Waals surface area contributed by atoms with Gasteiger partial charge in [-0.3, -0.25) is 4.99 Å². The fourth-order valence-corrected chi connectivity index (χ4v) is 4.35. The average molecular weight is 427 g/mol. The molecule has 3 aromatic carbocycles. The third-order valence-electron chi connectivity index (χ3n) is 6.00. The number of amidine groups is 1. The second kappa shape index (κ2) is 10.2. The van der Waals surface area contributed by atoms with Crippen molar-refractivity contribution in [3.8, 4) is 11.5 Å². The SMILES string of the molecule is C=CCCC(C1=N[C@@H](c2ccccc2)[C@H](c2ccccc2)N1)c1ccc(OC)c(OC)c1. The highest BCUT2D eigenvalue weighted by Crippen LogP contribution is 2.40. The van der Waals surface area contributed by atoms with Crippen molar-refractivity contribution in [1.29, 1.82) is 0 Å². The first-order valence-electron chi connectivity index (χ1n) is 11.0. The highest BCUT2D eigenvalue weighted by Gasteiger charge is 2.34. The van der Waals surface area contributed by atoms with Gasteiger partial charge in [0.15, 0.2) is 11.5 Å². The number of nitrogens with zero attached hydrogens (tertiary/aromatic N) is 1. The molecule has 3 atom stereocenters. The third-order valence-corrected chi connectivity index (χ3v) is 6.00. The lowest BCUT2D eigenvalue weighted by Crippen LogP contribution is -2.29. The lowest BCUT2D eigenvalue weighted by Gasteiger charge is -2.22. The summed E-state index contributed by atoms with van der Waals surface area (Å²) in [7, 11) is 3.33. The molecule has 32 heavy (non-hydrogen) atoms. The van der Waals surface area contributed by atoms with Crippen LogP contribution in [-0.4, -0.2) is 20.1 Å². The summed E-state index contributed by atoms with van der Waals surface area (Å²) in [5.74, 6) is 2.56. The summed E-state index contributed by atoms with van der Waals surface area (Å²) in [6.45, 7) is 3.93. The number of aliphatic imine (C=N–C) groups is 1. The molecule has 0 bridgehead atoms. The maximum absolute atomic E-state index is 5.57. The van der Waals surface area contributed by atoms with Crippen LogP contribution in [0.5, 0.6) is 11.5 Å². The molecular weight excluding hydrogens is 396 g/mol. The van der Waals surface area contributed by atoms with Crippen LogP contribution in [0.25, 0.3) is 0 Å². The van der Waals surface area contributed by atoms with Gasteiger partial charge in [0.05, 0.1) is 20.3 Å². The molecule has 0 saturated carbocycles. The fraction of sp³-hybridized carbons (Fsp3) is 0.250. The molecule has 0 saturated heterocycles. The zero-order valence-corrected chi connectivity index (χ0v) is 18.7.